The summed E-state index contributed by atoms with van der Waals surface area (Å²) >= 11 is 0. The van der Waals surface area contributed by atoms with E-state index in [0.29, 0.717) is 37.8 Å². The number of ether oxygens (including phenoxy) is 1. The highest BCUT2D eigenvalue weighted by molar-refractivity contribution is 14.0. The number of hydrogen-bond donors (Lipinski definition) is 2. The molecular weight excluding hydrogens is 448 g/mol. The molecule has 2 N–H and O–H groups in total. The third-order valence-electron chi connectivity index (χ3n) is 3.34. The number of nitrogens with one attached hydrogen (secondary N) is 2. The molecule has 1 fully saturated rings. The summed E-state index contributed by atoms with van der Waals surface area (Å²) in [6.45, 7) is 3.30. The van der Waals surface area contributed by atoms with Gasteiger partial charge in [-0.25, -0.2) is 17.8 Å². The highest BCUT2D eigenvalue weighted by Gasteiger charge is 2.28. The molecule has 0 amide bonds. The Hall–Kier alpha value is -1.10. The number of sulfone groups is 1. The van der Waals surface area contributed by atoms with E-state index in [2.05, 4.69) is 15.6 Å². The molecule has 1 aromatic rings. The molecule has 1 aromatic carbocycles. The average molecular weight is 471 g/mol. The molecule has 6 nitrogen and oxygen atoms in total. The fraction of sp³-hybridized carbons (Fsp3) is 0.533. The first-order chi connectivity index (χ1) is 11.0. The molecule has 1 unspecified atom stereocenters. The number of hydrogen-bond acceptors (Lipinski definition) is 4. The zero-order chi connectivity index (χ0) is 16.7. The van der Waals surface area contributed by atoms with Gasteiger partial charge in [-0.3, -0.25) is 0 Å². The minimum absolute atomic E-state index is 0. The lowest BCUT2D eigenvalue weighted by molar-refractivity contribution is 0.326. The van der Waals surface area contributed by atoms with Gasteiger partial charge in [-0.15, -0.1) is 24.0 Å². The normalized spacial score (nSPS) is 19.4. The van der Waals surface area contributed by atoms with Gasteiger partial charge < -0.3 is 15.4 Å². The van der Waals surface area contributed by atoms with E-state index in [1.54, 1.807) is 12.1 Å². The lowest BCUT2D eigenvalue weighted by Gasteiger charge is -2.15. The summed E-state index contributed by atoms with van der Waals surface area (Å²) in [6.07, 6.45) is 0.590. The maximum Gasteiger partial charge on any atom is 0.191 e. The van der Waals surface area contributed by atoms with Gasteiger partial charge in [0.2, 0.25) is 0 Å². The maximum absolute atomic E-state index is 13.0. The molecule has 0 aromatic heterocycles. The van der Waals surface area contributed by atoms with Crippen molar-refractivity contribution in [3.8, 4) is 5.75 Å². The van der Waals surface area contributed by atoms with E-state index >= 15 is 0 Å². The van der Waals surface area contributed by atoms with Gasteiger partial charge in [0.05, 0.1) is 18.1 Å². The van der Waals surface area contributed by atoms with Gasteiger partial charge in [-0.1, -0.05) is 6.07 Å². The van der Waals surface area contributed by atoms with Crippen molar-refractivity contribution in [3.63, 3.8) is 0 Å². The molecule has 0 spiro atoms. The van der Waals surface area contributed by atoms with Crippen LogP contribution in [0.2, 0.25) is 0 Å². The van der Waals surface area contributed by atoms with Crippen molar-refractivity contribution < 1.29 is 17.5 Å². The van der Waals surface area contributed by atoms with Crippen LogP contribution in [0.1, 0.15) is 13.3 Å². The zero-order valence-corrected chi connectivity index (χ0v) is 16.6. The van der Waals surface area contributed by atoms with Crippen LogP contribution in [0, 0.1) is 5.82 Å². The third kappa shape index (κ3) is 7.20. The van der Waals surface area contributed by atoms with E-state index in [-0.39, 0.29) is 47.3 Å². The Balaban J connectivity index is 0.00000288. The minimum Gasteiger partial charge on any atom is -0.492 e. The van der Waals surface area contributed by atoms with Crippen molar-refractivity contribution in [1.82, 2.24) is 10.6 Å². The molecule has 0 bridgehead atoms. The van der Waals surface area contributed by atoms with Crippen LogP contribution < -0.4 is 15.4 Å². The van der Waals surface area contributed by atoms with Crippen molar-refractivity contribution >= 4 is 39.8 Å². The van der Waals surface area contributed by atoms with Crippen LogP contribution in [0.5, 0.6) is 5.75 Å². The summed E-state index contributed by atoms with van der Waals surface area (Å²) in [5.74, 6) is 1.03. The van der Waals surface area contributed by atoms with Gasteiger partial charge in [0.1, 0.15) is 18.2 Å². The monoisotopic (exact) mass is 471 g/mol. The first-order valence-corrected chi connectivity index (χ1v) is 9.44. The van der Waals surface area contributed by atoms with Crippen molar-refractivity contribution in [2.75, 3.05) is 31.2 Å². The van der Waals surface area contributed by atoms with Gasteiger partial charge in [0.15, 0.2) is 15.8 Å². The summed E-state index contributed by atoms with van der Waals surface area (Å²) in [7, 11) is -2.93. The first kappa shape index (κ1) is 20.9. The molecular formula is C15H23FIN3O3S. The summed E-state index contributed by atoms with van der Waals surface area (Å²) < 4.78 is 41.4. The Bertz CT molecular complexity index is 655. The number of halogens is 2. The van der Waals surface area contributed by atoms with Gasteiger partial charge in [0, 0.05) is 18.7 Å². The van der Waals surface area contributed by atoms with Crippen molar-refractivity contribution in [3.05, 3.63) is 30.1 Å². The van der Waals surface area contributed by atoms with Crippen LogP contribution in [-0.2, 0) is 9.84 Å². The fourth-order valence-corrected chi connectivity index (χ4v) is 3.97. The van der Waals surface area contributed by atoms with Crippen molar-refractivity contribution in [1.29, 1.82) is 0 Å². The van der Waals surface area contributed by atoms with Crippen LogP contribution in [-0.4, -0.2) is 51.6 Å². The largest absolute Gasteiger partial charge is 0.492 e. The van der Waals surface area contributed by atoms with Gasteiger partial charge in [-0.05, 0) is 25.5 Å². The van der Waals surface area contributed by atoms with E-state index in [1.165, 1.54) is 12.1 Å². The Labute approximate surface area is 159 Å². The Morgan fingerprint density at radius 3 is 2.88 bits per heavy atom. The van der Waals surface area contributed by atoms with E-state index in [1.807, 2.05) is 6.92 Å². The lowest BCUT2D eigenvalue weighted by Crippen LogP contribution is -2.44. The Morgan fingerprint density at radius 1 is 1.46 bits per heavy atom. The van der Waals surface area contributed by atoms with Crippen molar-refractivity contribution in [2.24, 2.45) is 4.99 Å². The quantitative estimate of drug-likeness (QED) is 0.285. The third-order valence-corrected chi connectivity index (χ3v) is 5.11. The predicted molar refractivity (Wildman–Crippen MR) is 103 cm³/mol. The fourth-order valence-electron chi connectivity index (χ4n) is 2.30. The lowest BCUT2D eigenvalue weighted by atomic mass is 10.3. The van der Waals surface area contributed by atoms with Crippen LogP contribution in [0.4, 0.5) is 4.39 Å². The van der Waals surface area contributed by atoms with Gasteiger partial charge >= 0.3 is 0 Å². The van der Waals surface area contributed by atoms with E-state index in [4.69, 9.17) is 4.74 Å². The number of rotatable bonds is 6. The maximum atomic E-state index is 13.0. The predicted octanol–water partition coefficient (Wildman–Crippen LogP) is 1.56. The summed E-state index contributed by atoms with van der Waals surface area (Å²) in [5, 5.41) is 6.20. The Kier molecular flexibility index (Phi) is 8.74. The van der Waals surface area contributed by atoms with Crippen LogP contribution in [0.15, 0.2) is 29.3 Å². The van der Waals surface area contributed by atoms with Crippen molar-refractivity contribution in [2.45, 2.75) is 19.4 Å². The molecule has 136 valence electrons. The molecule has 1 aliphatic rings. The first-order valence-electron chi connectivity index (χ1n) is 7.62. The highest BCUT2D eigenvalue weighted by Crippen LogP contribution is 2.12. The standard InChI is InChI=1S/C15H22FN3O3S.HI/c1-2-17-15(19-13-6-9-23(20,21)11-13)18-7-8-22-14-5-3-4-12(16)10-14;/h3-5,10,13H,2,6-9,11H2,1H3,(H2,17,18,19);1H. The van der Waals surface area contributed by atoms with Crippen LogP contribution in [0.3, 0.4) is 0 Å². The molecule has 1 aliphatic heterocycles. The molecule has 24 heavy (non-hydrogen) atoms. The average Bonchev–Trinajstić information content (AvgIpc) is 2.83. The molecule has 0 aliphatic carbocycles. The molecule has 1 atom stereocenters. The second-order valence-electron chi connectivity index (χ2n) is 5.31. The summed E-state index contributed by atoms with van der Waals surface area (Å²) in [4.78, 5) is 4.34. The summed E-state index contributed by atoms with van der Waals surface area (Å²) in [6, 6.07) is 5.83. The molecule has 9 heteroatoms. The molecule has 0 radical (unpaired) electrons. The van der Waals surface area contributed by atoms with Crippen LogP contribution >= 0.6 is 24.0 Å². The number of benzene rings is 1. The van der Waals surface area contributed by atoms with Gasteiger partial charge in [0.25, 0.3) is 0 Å². The summed E-state index contributed by atoms with van der Waals surface area (Å²) in [5.41, 5.74) is 0. The topological polar surface area (TPSA) is 79.8 Å². The molecule has 2 rings (SSSR count). The minimum atomic E-state index is -2.93. The highest BCUT2D eigenvalue weighted by atomic mass is 127. The van der Waals surface area contributed by atoms with E-state index in [0.717, 1.165) is 0 Å². The molecule has 0 saturated carbocycles. The van der Waals surface area contributed by atoms with E-state index in [9.17, 15) is 12.8 Å². The second-order valence-corrected chi connectivity index (χ2v) is 7.54. The number of guanidine groups is 1. The SMILES string of the molecule is CCNC(=NCCOc1cccc(F)c1)NC1CCS(=O)(=O)C1.I. The smallest absolute Gasteiger partial charge is 0.191 e. The number of aliphatic imine (C=N–C) groups is 1. The van der Waals surface area contributed by atoms with E-state index < -0.39 is 9.84 Å². The Morgan fingerprint density at radius 2 is 2.25 bits per heavy atom. The van der Waals surface area contributed by atoms with Crippen LogP contribution in [0.25, 0.3) is 0 Å². The van der Waals surface area contributed by atoms with Gasteiger partial charge in [-0.2, -0.15) is 0 Å². The second kappa shape index (κ2) is 10.0. The number of nitrogens with zero attached hydrogens (tertiary/aromatic N) is 1. The molecule has 1 saturated heterocycles. The molecule has 1 heterocycles. The zero-order valence-electron chi connectivity index (χ0n) is 13.5.